The van der Waals surface area contributed by atoms with E-state index in [0.717, 1.165) is 0 Å². The molecule has 5 heterocycles. The lowest BCUT2D eigenvalue weighted by Crippen LogP contribution is -2.62. The van der Waals surface area contributed by atoms with E-state index in [9.17, 15) is 62.3 Å². The summed E-state index contributed by atoms with van der Waals surface area (Å²) in [5.41, 5.74) is 29.6. The number of aromatic amines is 2. The van der Waals surface area contributed by atoms with Crippen molar-refractivity contribution in [3.05, 3.63) is 72.3 Å². The number of guanidine groups is 1. The lowest BCUT2D eigenvalue weighted by atomic mass is 9.96. The molecule has 0 saturated carbocycles. The lowest BCUT2D eigenvalue weighted by molar-refractivity contribution is -0.143. The Morgan fingerprint density at radius 2 is 0.874 bits per heavy atom. The number of hydrogen-bond donors (Lipinski definition) is 19. The minimum absolute atomic E-state index is 0.00698. The van der Waals surface area contributed by atoms with Gasteiger partial charge in [-0.25, -0.2) is 9.97 Å². The van der Waals surface area contributed by atoms with Crippen LogP contribution in [0.4, 0.5) is 0 Å². The summed E-state index contributed by atoms with van der Waals surface area (Å²) in [4.78, 5) is 253. The van der Waals surface area contributed by atoms with Crippen LogP contribution in [0.5, 0.6) is 0 Å². The highest BCUT2D eigenvalue weighted by Crippen LogP contribution is 2.25. The van der Waals surface area contributed by atoms with E-state index in [-0.39, 0.29) is 103 Å². The molecule has 40 nitrogen and oxygen atoms in total. The maximum Gasteiger partial charge on any atom is 0.246 e. The van der Waals surface area contributed by atoms with E-state index < -0.39 is 223 Å². The third-order valence-electron chi connectivity index (χ3n) is 21.6. The minimum Gasteiger partial charge on any atom is -0.370 e. The number of H-pyrrole nitrogens is 2. The first-order valence-electron chi connectivity index (χ1n) is 40.8. The number of aromatic nitrogens is 4. The fourth-order valence-electron chi connectivity index (χ4n) is 14.1. The third-order valence-corrected chi connectivity index (χ3v) is 22.3. The van der Waals surface area contributed by atoms with E-state index >= 15 is 14.4 Å². The van der Waals surface area contributed by atoms with Crippen molar-refractivity contribution in [2.45, 2.75) is 249 Å². The Bertz CT molecular complexity index is 3950. The molecule has 3 aromatic rings. The molecule has 3 saturated heterocycles. The standard InChI is InChI=1S/C78H122N24O16S/c1-8-43(4)62-74(115)94-53(21-14-15-30-79)76(117)101-32-17-23-57(101)71(112)96-54(36-47-38-84-41-88-47)69(110)92-50(25-27-59(80)103)65(106)87-40-61(105)90-51(26-28-60(81)104)66(107)95-55(37-48-39-85-42-89-48)70(111)99-63(44(5)9-2)75(116)97-56(35-46-19-12-11-13-20-46)77(118)102-33-18-24-58(102)72(113)100-64(45(6)10-3)73(114)93-52(29-34-119-7)67(108)91-49(68(109)98-62)22-16-31-86-78(82)83/h11-13,19-20,38-39,41-45,49-58,62-64H,8-10,14-18,21-37,40,79H2,1-7H3,(H2,80,103)(H2,81,104)(H,84,88)(H,85,89)(H,87,106)(H,90,105)(H,91,108)(H,92,110)(H,93,114)(H,94,115)(H,95,107)(H,96,112)(H,97,116)(H,98,109)(H,99,111)(H,100,113)(H4,82,83,86)/t43-,44-,45-,49-,50-,51-,52-,53-,54-,55-,56+,57-,58-,62-,63-,64-/m0/s1. The molecule has 2 aromatic heterocycles. The van der Waals surface area contributed by atoms with Crippen LogP contribution in [0.1, 0.15) is 168 Å². The smallest absolute Gasteiger partial charge is 0.246 e. The van der Waals surface area contributed by atoms with Crippen LogP contribution in [0, 0.1) is 17.8 Å². The zero-order valence-corrected chi connectivity index (χ0v) is 69.7. The van der Waals surface area contributed by atoms with Crippen molar-refractivity contribution in [2.24, 2.45) is 51.4 Å². The number of amides is 16. The number of nitrogens with one attached hydrogen (secondary N) is 14. The number of benzene rings is 1. The van der Waals surface area contributed by atoms with Crippen LogP contribution >= 0.6 is 11.8 Å². The molecule has 6 rings (SSSR count). The maximum absolute atomic E-state index is 15.3. The number of aliphatic imine (C=N–C) groups is 1. The van der Waals surface area contributed by atoms with E-state index in [4.69, 9.17) is 28.7 Å². The molecule has 0 bridgehead atoms. The van der Waals surface area contributed by atoms with E-state index in [1.165, 1.54) is 46.6 Å². The number of carbonyl (C=O) groups excluding carboxylic acids is 16. The Labute approximate surface area is 696 Å². The summed E-state index contributed by atoms with van der Waals surface area (Å²) in [6.45, 7) is 9.76. The van der Waals surface area contributed by atoms with Gasteiger partial charge in [0.2, 0.25) is 94.5 Å². The van der Waals surface area contributed by atoms with Gasteiger partial charge < -0.3 is 112 Å². The Balaban J connectivity index is 1.44. The predicted octanol–water partition coefficient (Wildman–Crippen LogP) is -3.79. The fraction of sp³-hybridized carbons (Fsp3) is 0.628. The quantitative estimate of drug-likeness (QED) is 0.0180. The number of carbonyl (C=O) groups is 16. The van der Waals surface area contributed by atoms with Gasteiger partial charge in [-0.2, -0.15) is 11.8 Å². The van der Waals surface area contributed by atoms with Crippen LogP contribution in [0.2, 0.25) is 0 Å². The molecule has 0 unspecified atom stereocenters. The molecular formula is C78H122N24O16S. The number of hydrogen-bond acceptors (Lipinski definition) is 21. The van der Waals surface area contributed by atoms with Crippen LogP contribution in [0.25, 0.3) is 0 Å². The van der Waals surface area contributed by atoms with Gasteiger partial charge in [0, 0.05) is 75.5 Å². The van der Waals surface area contributed by atoms with Crippen LogP contribution in [0.3, 0.4) is 0 Å². The first-order chi connectivity index (χ1) is 56.8. The van der Waals surface area contributed by atoms with E-state index in [1.54, 1.807) is 78.1 Å². The molecule has 0 radical (unpaired) electrons. The molecular weight excluding hydrogens is 1560 g/mol. The molecule has 16 amide bonds. The van der Waals surface area contributed by atoms with Gasteiger partial charge in [0.1, 0.15) is 78.5 Å². The zero-order chi connectivity index (χ0) is 87.4. The summed E-state index contributed by atoms with van der Waals surface area (Å²) < 4.78 is 0. The average Bonchev–Trinajstić information content (AvgIpc) is 1.77. The normalized spacial score (nSPS) is 25.4. The number of nitrogens with two attached hydrogens (primary N) is 5. The Morgan fingerprint density at radius 3 is 1.34 bits per heavy atom. The van der Waals surface area contributed by atoms with Gasteiger partial charge in [-0.05, 0) is 119 Å². The predicted molar refractivity (Wildman–Crippen MR) is 439 cm³/mol. The number of rotatable bonds is 29. The summed E-state index contributed by atoms with van der Waals surface area (Å²) in [7, 11) is 0. The molecule has 0 spiro atoms. The SMILES string of the molecule is CC[C@H](C)[C@@H]1NC(=O)[C@H](CCCN=C(N)N)NC(=O)[C@H](CCSC)NC(=O)[C@H]([C@@H](C)CC)NC(=O)[C@@H]2CCCN2C(=O)[C@@H](Cc2ccccc2)NC(=O)[C@H]([C@@H](C)CC)NC(=O)[C@H](Cc2cnc[nH]2)NC(=O)[C@H](CCC(N)=O)NC(=O)CNC(=O)[C@H](CCC(N)=O)NC(=O)[C@H](Cc2cnc[nH]2)NC(=O)[C@@H]2CCCN2C(=O)[C@H](CCCCN)NC1=O. The van der Waals surface area contributed by atoms with E-state index in [1.807, 2.05) is 0 Å². The first-order valence-corrected chi connectivity index (χ1v) is 42.2. The van der Waals surface area contributed by atoms with Crippen LogP contribution < -0.4 is 92.5 Å². The molecule has 3 aliphatic heterocycles. The molecule has 0 aliphatic carbocycles. The van der Waals surface area contributed by atoms with Crippen molar-refractivity contribution < 1.29 is 76.7 Å². The fourth-order valence-corrected chi connectivity index (χ4v) is 14.6. The summed E-state index contributed by atoms with van der Waals surface area (Å²) in [5, 5.41) is 32.5. The van der Waals surface area contributed by atoms with Crippen molar-refractivity contribution in [2.75, 3.05) is 44.7 Å². The van der Waals surface area contributed by atoms with E-state index in [0.29, 0.717) is 54.8 Å². The monoisotopic (exact) mass is 1680 g/mol. The van der Waals surface area contributed by atoms with Crippen molar-refractivity contribution >= 4 is 112 Å². The highest BCUT2D eigenvalue weighted by Gasteiger charge is 2.45. The summed E-state index contributed by atoms with van der Waals surface area (Å²) in [5.74, 6) is -15.6. The summed E-state index contributed by atoms with van der Waals surface area (Å²) in [6, 6.07) is -9.76. The minimum atomic E-state index is -1.65. The van der Waals surface area contributed by atoms with Crippen molar-refractivity contribution in [1.29, 1.82) is 0 Å². The van der Waals surface area contributed by atoms with Gasteiger partial charge in [-0.15, -0.1) is 0 Å². The number of unbranched alkanes of at least 4 members (excludes halogenated alkanes) is 1. The molecule has 24 N–H and O–H groups in total. The van der Waals surface area contributed by atoms with Gasteiger partial charge >= 0.3 is 0 Å². The van der Waals surface area contributed by atoms with Crippen LogP contribution in [-0.4, -0.2) is 253 Å². The van der Waals surface area contributed by atoms with E-state index in [2.05, 4.69) is 88.7 Å². The molecule has 119 heavy (non-hydrogen) atoms. The molecule has 1 aromatic carbocycles. The molecule has 41 heteroatoms. The second-order valence-corrected chi connectivity index (χ2v) is 31.5. The number of nitrogens with zero attached hydrogens (tertiary/aromatic N) is 5. The van der Waals surface area contributed by atoms with Gasteiger partial charge in [-0.3, -0.25) is 81.7 Å². The second-order valence-electron chi connectivity index (χ2n) is 30.5. The van der Waals surface area contributed by atoms with Gasteiger partial charge in [-0.1, -0.05) is 91.1 Å². The number of thioether (sulfide) groups is 1. The maximum atomic E-state index is 15.3. The molecule has 3 fully saturated rings. The first kappa shape index (κ1) is 96.6. The summed E-state index contributed by atoms with van der Waals surface area (Å²) in [6.07, 6.45) is 7.05. The lowest BCUT2D eigenvalue weighted by Gasteiger charge is -2.33. The zero-order valence-electron chi connectivity index (χ0n) is 68.9. The van der Waals surface area contributed by atoms with Crippen LogP contribution in [-0.2, 0) is 96.0 Å². The van der Waals surface area contributed by atoms with Crippen molar-refractivity contribution in [3.8, 4) is 0 Å². The average molecular weight is 1680 g/mol. The second kappa shape index (κ2) is 49.2. The van der Waals surface area contributed by atoms with Gasteiger partial charge in [0.25, 0.3) is 0 Å². The van der Waals surface area contributed by atoms with Crippen molar-refractivity contribution in [3.63, 3.8) is 0 Å². The Hall–Kier alpha value is -11.3. The Kier molecular flexibility index (Phi) is 39.9. The molecule has 656 valence electrons. The van der Waals surface area contributed by atoms with Crippen LogP contribution in [0.15, 0.2) is 60.4 Å². The van der Waals surface area contributed by atoms with Crippen molar-refractivity contribution in [1.82, 2.24) is 93.5 Å². The third kappa shape index (κ3) is 30.6. The Morgan fingerprint density at radius 1 is 0.471 bits per heavy atom. The number of primary amides is 2. The summed E-state index contributed by atoms with van der Waals surface area (Å²) >= 11 is 1.36. The molecule has 3 aliphatic rings. The largest absolute Gasteiger partial charge is 0.370 e. The van der Waals surface area contributed by atoms with Gasteiger partial charge in [0.15, 0.2) is 5.96 Å². The number of fused-ring (bicyclic) bond motifs is 2. The molecule has 16 atom stereocenters. The number of imidazole rings is 2. The highest BCUT2D eigenvalue weighted by atomic mass is 32.2. The topological polar surface area (TPSA) is 624 Å². The highest BCUT2D eigenvalue weighted by molar-refractivity contribution is 7.98. The van der Waals surface area contributed by atoms with Gasteiger partial charge in [0.05, 0.1) is 19.2 Å².